The first-order chi connectivity index (χ1) is 21.5. The van der Waals surface area contributed by atoms with Crippen molar-refractivity contribution >= 4 is 116 Å². The van der Waals surface area contributed by atoms with Crippen LogP contribution in [-0.4, -0.2) is 19.5 Å². The van der Waals surface area contributed by atoms with Gasteiger partial charge in [0, 0.05) is 42.0 Å². The number of halogens is 10. The third-order valence-corrected chi connectivity index (χ3v) is 13.2. The van der Waals surface area contributed by atoms with Crippen molar-refractivity contribution in [1.82, 2.24) is 0 Å². The molecule has 1 aromatic rings. The first-order valence-corrected chi connectivity index (χ1v) is 19.5. The van der Waals surface area contributed by atoms with E-state index in [0.717, 1.165) is 20.1 Å². The standard InChI is InChI=1S/2C10H15Cl3.C8H9Cl.C6H8Cl2.C4H7Cl/c2*1-6-8(11)5-9(3,12)7(2)10(6,4)13;1-6-3-4-8(9)5-7(6)2;1-3-6(8)4-5(2)7;1-3-4(2)5/h2*5-7H,1-4H3;3-5H,1-2H3;3-4H,1-2H3;3H,1-2H3/b;;;5-4-,6-3-;4-3+. The summed E-state index contributed by atoms with van der Waals surface area (Å²) < 4.78 is 0. The Bertz CT molecular complexity index is 1250. The Morgan fingerprint density at radius 3 is 1.21 bits per heavy atom. The SMILES string of the molecule is C/C=C(Cl)/C=C(/C)Cl.C/C=C(\C)Cl.CC1C(Cl)=CC(C)(Cl)C(C)C1(C)Cl.CC1C(Cl)=CC(C)(Cl)C(C)C1(C)Cl.Cc1ccc(Cl)cc1C. The quantitative estimate of drug-likeness (QED) is 0.195. The molecule has 8 atom stereocenters. The van der Waals surface area contributed by atoms with E-state index >= 15 is 0 Å². The minimum atomic E-state index is -0.430. The van der Waals surface area contributed by atoms with Crippen molar-refractivity contribution in [2.24, 2.45) is 23.7 Å². The normalized spacial score (nSPS) is 33.5. The lowest BCUT2D eigenvalue weighted by Crippen LogP contribution is -2.47. The van der Waals surface area contributed by atoms with Crippen LogP contribution in [0.25, 0.3) is 0 Å². The van der Waals surface area contributed by atoms with E-state index in [-0.39, 0.29) is 33.4 Å². The highest BCUT2D eigenvalue weighted by Crippen LogP contribution is 2.51. The molecule has 0 nitrogen and oxygen atoms in total. The fourth-order valence-corrected chi connectivity index (χ4v) is 7.59. The third-order valence-electron chi connectivity index (χ3n) is 9.23. The van der Waals surface area contributed by atoms with Gasteiger partial charge in [-0.05, 0) is 123 Å². The van der Waals surface area contributed by atoms with Crippen LogP contribution in [0.5, 0.6) is 0 Å². The van der Waals surface area contributed by atoms with E-state index in [1.807, 2.05) is 98.7 Å². The van der Waals surface area contributed by atoms with Gasteiger partial charge in [-0.2, -0.15) is 0 Å². The van der Waals surface area contributed by atoms with Gasteiger partial charge >= 0.3 is 0 Å². The molecule has 0 bridgehead atoms. The maximum absolute atomic E-state index is 6.44. The second kappa shape index (κ2) is 22.1. The van der Waals surface area contributed by atoms with E-state index in [9.17, 15) is 0 Å². The fourth-order valence-electron chi connectivity index (χ4n) is 4.41. The number of aryl methyl sites for hydroxylation is 2. The molecule has 3 rings (SSSR count). The molecule has 0 fully saturated rings. The lowest BCUT2D eigenvalue weighted by Gasteiger charge is -2.45. The van der Waals surface area contributed by atoms with Crippen molar-refractivity contribution in [2.75, 3.05) is 0 Å². The van der Waals surface area contributed by atoms with Crippen LogP contribution in [0, 0.1) is 37.5 Å². The monoisotopic (exact) mass is 860 g/mol. The molecule has 0 N–H and O–H groups in total. The molecule has 276 valence electrons. The number of hydrogen-bond donors (Lipinski definition) is 0. The molecule has 0 saturated heterocycles. The molecule has 1 aromatic carbocycles. The number of benzene rings is 1. The number of rotatable bonds is 1. The number of allylic oxidation sites excluding steroid dienone is 10. The first-order valence-electron chi connectivity index (χ1n) is 15.7. The molecule has 10 heteroatoms. The predicted octanol–water partition coefficient (Wildman–Crippen LogP) is 17.2. The van der Waals surface area contributed by atoms with Crippen molar-refractivity contribution in [2.45, 2.75) is 116 Å². The van der Waals surface area contributed by atoms with Crippen molar-refractivity contribution in [3.8, 4) is 0 Å². The summed E-state index contributed by atoms with van der Waals surface area (Å²) in [4.78, 5) is -1.58. The summed E-state index contributed by atoms with van der Waals surface area (Å²) in [5.41, 5.74) is 2.54. The molecule has 0 amide bonds. The van der Waals surface area contributed by atoms with Gasteiger partial charge in [0.25, 0.3) is 0 Å². The Morgan fingerprint density at radius 1 is 0.625 bits per heavy atom. The Morgan fingerprint density at radius 2 is 0.979 bits per heavy atom. The molecule has 2 aliphatic carbocycles. The molecular formula is C38H54Cl10. The summed E-state index contributed by atoms with van der Waals surface area (Å²) in [7, 11) is 0. The number of alkyl halides is 4. The summed E-state index contributed by atoms with van der Waals surface area (Å²) >= 11 is 59.8. The van der Waals surface area contributed by atoms with E-state index in [1.54, 1.807) is 19.1 Å². The van der Waals surface area contributed by atoms with Crippen LogP contribution >= 0.6 is 116 Å². The van der Waals surface area contributed by atoms with Gasteiger partial charge in [0.15, 0.2) is 0 Å². The highest BCUT2D eigenvalue weighted by molar-refractivity contribution is 6.36. The molecule has 0 aliphatic heterocycles. The molecule has 0 saturated carbocycles. The molecule has 0 heterocycles. The second-order valence-corrected chi connectivity index (χ2v) is 19.3. The molecule has 2 aliphatic rings. The topological polar surface area (TPSA) is 0 Å². The largest absolute Gasteiger partial charge is 0.119 e. The van der Waals surface area contributed by atoms with Crippen LogP contribution in [0.15, 0.2) is 73.7 Å². The highest BCUT2D eigenvalue weighted by Gasteiger charge is 2.49. The van der Waals surface area contributed by atoms with Crippen LogP contribution in [0.3, 0.4) is 0 Å². The molecule has 0 aromatic heterocycles. The summed E-state index contributed by atoms with van der Waals surface area (Å²) in [5.74, 6) is 0.719. The average molecular weight is 865 g/mol. The summed E-state index contributed by atoms with van der Waals surface area (Å²) in [6.45, 7) is 27.6. The van der Waals surface area contributed by atoms with Gasteiger partial charge in [-0.15, -0.1) is 46.4 Å². The van der Waals surface area contributed by atoms with Gasteiger partial charge in [-0.1, -0.05) is 116 Å². The van der Waals surface area contributed by atoms with Crippen molar-refractivity contribution in [3.63, 3.8) is 0 Å². The van der Waals surface area contributed by atoms with Gasteiger partial charge in [-0.3, -0.25) is 0 Å². The molecule has 0 spiro atoms. The first kappa shape index (κ1) is 50.9. The number of hydrogen-bond acceptors (Lipinski definition) is 0. The van der Waals surface area contributed by atoms with Crippen molar-refractivity contribution in [3.05, 3.63) is 89.9 Å². The minimum absolute atomic E-state index is 0.164. The van der Waals surface area contributed by atoms with Gasteiger partial charge in [0.05, 0.1) is 19.5 Å². The minimum Gasteiger partial charge on any atom is -0.119 e. The van der Waals surface area contributed by atoms with Gasteiger partial charge in [-0.25, -0.2) is 0 Å². The molecule has 48 heavy (non-hydrogen) atoms. The lowest BCUT2D eigenvalue weighted by molar-refractivity contribution is 0.292. The molecular weight excluding hydrogens is 811 g/mol. The van der Waals surface area contributed by atoms with E-state index in [0.29, 0.717) is 10.1 Å². The van der Waals surface area contributed by atoms with Crippen LogP contribution in [0.1, 0.15) is 94.2 Å². The Kier molecular flexibility index (Phi) is 23.5. The van der Waals surface area contributed by atoms with Crippen LogP contribution in [0.2, 0.25) is 5.02 Å². The van der Waals surface area contributed by atoms with E-state index in [4.69, 9.17) is 116 Å². The van der Waals surface area contributed by atoms with Gasteiger partial charge in [0.2, 0.25) is 0 Å². The smallest absolute Gasteiger partial charge is 0.0654 e. The van der Waals surface area contributed by atoms with Crippen molar-refractivity contribution < 1.29 is 0 Å². The van der Waals surface area contributed by atoms with Crippen molar-refractivity contribution in [1.29, 1.82) is 0 Å². The van der Waals surface area contributed by atoms with Crippen LogP contribution in [-0.2, 0) is 0 Å². The van der Waals surface area contributed by atoms with E-state index in [2.05, 4.69) is 27.7 Å². The van der Waals surface area contributed by atoms with E-state index < -0.39 is 9.75 Å². The van der Waals surface area contributed by atoms with Gasteiger partial charge < -0.3 is 0 Å². The summed E-state index contributed by atoms with van der Waals surface area (Å²) in [5, 5.41) is 4.59. The summed E-state index contributed by atoms with van der Waals surface area (Å²) in [6, 6.07) is 5.90. The Balaban J connectivity index is 0. The zero-order chi connectivity index (χ0) is 38.6. The van der Waals surface area contributed by atoms with E-state index in [1.165, 1.54) is 11.1 Å². The molecule has 0 radical (unpaired) electrons. The third kappa shape index (κ3) is 17.1. The lowest BCUT2D eigenvalue weighted by atomic mass is 9.72. The second-order valence-electron chi connectivity index (χ2n) is 13.1. The Labute approximate surface area is 343 Å². The zero-order valence-electron chi connectivity index (χ0n) is 30.7. The van der Waals surface area contributed by atoms with Crippen LogP contribution in [0.4, 0.5) is 0 Å². The van der Waals surface area contributed by atoms with Gasteiger partial charge in [0.1, 0.15) is 0 Å². The predicted molar refractivity (Wildman–Crippen MR) is 227 cm³/mol. The average Bonchev–Trinajstić information content (AvgIpc) is 2.96. The maximum atomic E-state index is 6.44. The molecule has 8 unspecified atom stereocenters. The summed E-state index contributed by atoms with van der Waals surface area (Å²) in [6.07, 6.45) is 9.16. The van der Waals surface area contributed by atoms with Crippen LogP contribution < -0.4 is 0 Å². The maximum Gasteiger partial charge on any atom is 0.0654 e. The highest BCUT2D eigenvalue weighted by atomic mass is 35.5. The zero-order valence-corrected chi connectivity index (χ0v) is 38.3. The Hall–Kier alpha value is 0.820. The fraction of sp³-hybridized carbons (Fsp3) is 0.579.